The summed E-state index contributed by atoms with van der Waals surface area (Å²) in [6.07, 6.45) is 7.64. The Morgan fingerprint density at radius 3 is 2.77 bits per heavy atom. The fourth-order valence-corrected chi connectivity index (χ4v) is 4.25. The zero-order chi connectivity index (χ0) is 21.5. The molecule has 0 aliphatic carbocycles. The summed E-state index contributed by atoms with van der Waals surface area (Å²) in [5, 5.41) is 1.18. The molecule has 3 aromatic rings. The lowest BCUT2D eigenvalue weighted by Gasteiger charge is -2.33. The van der Waals surface area contributed by atoms with Crippen LogP contribution in [0.3, 0.4) is 0 Å². The summed E-state index contributed by atoms with van der Waals surface area (Å²) < 4.78 is 20.5. The van der Waals surface area contributed by atoms with Crippen molar-refractivity contribution in [2.75, 3.05) is 6.61 Å². The van der Waals surface area contributed by atoms with E-state index in [-0.39, 0.29) is 18.5 Å². The molecule has 1 aliphatic heterocycles. The molecule has 0 spiro atoms. The van der Waals surface area contributed by atoms with E-state index in [4.69, 9.17) is 37.4 Å². The van der Waals surface area contributed by atoms with Crippen LogP contribution in [0.4, 0.5) is 0 Å². The predicted molar refractivity (Wildman–Crippen MR) is 121 cm³/mol. The Balaban J connectivity index is 1.37. The Morgan fingerprint density at radius 1 is 1.13 bits per heavy atom. The molecule has 1 aliphatic rings. The van der Waals surface area contributed by atoms with Gasteiger partial charge in [-0.3, -0.25) is 0 Å². The van der Waals surface area contributed by atoms with Gasteiger partial charge in [0.25, 0.3) is 0 Å². The summed E-state index contributed by atoms with van der Waals surface area (Å²) in [5.74, 6) is 0. The monoisotopic (exact) mass is 460 g/mol. The smallest absolute Gasteiger partial charge is 0.158 e. The first-order valence-corrected chi connectivity index (χ1v) is 11.3. The van der Waals surface area contributed by atoms with E-state index in [0.717, 1.165) is 30.4 Å². The Labute approximate surface area is 192 Å². The van der Waals surface area contributed by atoms with E-state index in [2.05, 4.69) is 17.1 Å². The lowest BCUT2D eigenvalue weighted by Crippen LogP contribution is -2.34. The molecule has 2 aromatic carbocycles. The Hall–Kier alpha value is -1.89. The molecule has 3 atom stereocenters. The van der Waals surface area contributed by atoms with Gasteiger partial charge in [0.1, 0.15) is 6.10 Å². The summed E-state index contributed by atoms with van der Waals surface area (Å²) in [6.45, 7) is 1.70. The lowest BCUT2D eigenvalue weighted by molar-refractivity contribution is -0.227. The maximum Gasteiger partial charge on any atom is 0.158 e. The van der Waals surface area contributed by atoms with E-state index in [9.17, 15) is 0 Å². The molecular weight excluding hydrogens is 435 g/mol. The first-order chi connectivity index (χ1) is 15.2. The highest BCUT2D eigenvalue weighted by molar-refractivity contribution is 6.35. The van der Waals surface area contributed by atoms with Crippen LogP contribution in [-0.4, -0.2) is 28.6 Å². The summed E-state index contributed by atoms with van der Waals surface area (Å²) >= 11 is 12.6. The van der Waals surface area contributed by atoms with Crippen molar-refractivity contribution in [3.63, 3.8) is 0 Å². The highest BCUT2D eigenvalue weighted by atomic mass is 35.5. The molecule has 1 saturated heterocycles. The Morgan fingerprint density at radius 2 is 2.00 bits per heavy atom. The number of ether oxygens (including phenoxy) is 3. The molecule has 3 unspecified atom stereocenters. The van der Waals surface area contributed by atoms with Crippen molar-refractivity contribution in [2.24, 2.45) is 0 Å². The van der Waals surface area contributed by atoms with Crippen molar-refractivity contribution in [1.82, 2.24) is 9.55 Å². The topological polar surface area (TPSA) is 45.5 Å². The molecule has 0 bridgehead atoms. The van der Waals surface area contributed by atoms with Crippen molar-refractivity contribution in [3.8, 4) is 0 Å². The number of benzene rings is 2. The van der Waals surface area contributed by atoms with Gasteiger partial charge in [-0.25, -0.2) is 4.98 Å². The molecule has 5 nitrogen and oxygen atoms in total. The second-order valence-corrected chi connectivity index (χ2v) is 8.51. The summed E-state index contributed by atoms with van der Waals surface area (Å²) in [5.41, 5.74) is 2.04. The van der Waals surface area contributed by atoms with Gasteiger partial charge in [-0.1, -0.05) is 59.6 Å². The number of rotatable bonds is 9. The molecule has 164 valence electrons. The quantitative estimate of drug-likeness (QED) is 0.389. The van der Waals surface area contributed by atoms with Crippen molar-refractivity contribution in [3.05, 3.63) is 88.4 Å². The van der Waals surface area contributed by atoms with Gasteiger partial charge < -0.3 is 18.8 Å². The van der Waals surface area contributed by atoms with Crippen LogP contribution in [-0.2, 0) is 27.4 Å². The van der Waals surface area contributed by atoms with Crippen molar-refractivity contribution in [2.45, 2.75) is 50.9 Å². The standard InChI is InChI=1S/C24H26Cl2N2O3/c25-19-9-10-21(22(26)13-19)23(14-28-12-11-27-17-28)31-24-8-4-7-20(30-24)16-29-15-18-5-2-1-3-6-18/h1-3,5-6,9-13,17,20,23-24H,4,7-8,14-16H2. The van der Waals surface area contributed by atoms with Crippen molar-refractivity contribution >= 4 is 23.2 Å². The maximum absolute atomic E-state index is 6.49. The minimum absolute atomic E-state index is 0.0112. The van der Waals surface area contributed by atoms with Crippen molar-refractivity contribution < 1.29 is 14.2 Å². The molecule has 0 amide bonds. The second-order valence-electron chi connectivity index (χ2n) is 7.67. The van der Waals surface area contributed by atoms with E-state index in [1.165, 1.54) is 0 Å². The van der Waals surface area contributed by atoms with Gasteiger partial charge in [-0.05, 0) is 37.0 Å². The SMILES string of the molecule is Clc1ccc(C(Cn2ccnc2)OC2CCCC(COCc3ccccc3)O2)c(Cl)c1. The molecule has 7 heteroatoms. The Kier molecular flexibility index (Phi) is 8.00. The van der Waals surface area contributed by atoms with Gasteiger partial charge >= 0.3 is 0 Å². The lowest BCUT2D eigenvalue weighted by atomic mass is 10.1. The number of halogens is 2. The fourth-order valence-electron chi connectivity index (χ4n) is 3.71. The summed E-state index contributed by atoms with van der Waals surface area (Å²) in [4.78, 5) is 4.13. The van der Waals surface area contributed by atoms with E-state index >= 15 is 0 Å². The van der Waals surface area contributed by atoms with E-state index in [1.807, 2.05) is 41.1 Å². The van der Waals surface area contributed by atoms with Gasteiger partial charge in [-0.2, -0.15) is 0 Å². The second kappa shape index (κ2) is 11.1. The number of imidazole rings is 1. The maximum atomic E-state index is 6.49. The van der Waals surface area contributed by atoms with Crippen LogP contribution in [0, 0.1) is 0 Å². The highest BCUT2D eigenvalue weighted by Crippen LogP contribution is 2.33. The van der Waals surface area contributed by atoms with Gasteiger partial charge in [0.15, 0.2) is 6.29 Å². The van der Waals surface area contributed by atoms with E-state index < -0.39 is 0 Å². The zero-order valence-corrected chi connectivity index (χ0v) is 18.7. The molecule has 4 rings (SSSR count). The number of hydrogen-bond donors (Lipinski definition) is 0. The zero-order valence-electron chi connectivity index (χ0n) is 17.2. The molecule has 0 N–H and O–H groups in total. The van der Waals surface area contributed by atoms with Gasteiger partial charge in [0.05, 0.1) is 32.2 Å². The molecule has 1 aromatic heterocycles. The minimum atomic E-state index is -0.320. The van der Waals surface area contributed by atoms with E-state index in [1.54, 1.807) is 18.6 Å². The normalized spacial score (nSPS) is 19.9. The third-order valence-corrected chi connectivity index (χ3v) is 5.85. The van der Waals surface area contributed by atoms with Gasteiger partial charge in [-0.15, -0.1) is 0 Å². The van der Waals surface area contributed by atoms with Crippen LogP contribution in [0.15, 0.2) is 67.3 Å². The van der Waals surface area contributed by atoms with Crippen LogP contribution in [0.1, 0.15) is 36.5 Å². The number of nitrogens with zero attached hydrogens (tertiary/aromatic N) is 2. The average molecular weight is 461 g/mol. The largest absolute Gasteiger partial charge is 0.374 e. The van der Waals surface area contributed by atoms with Gasteiger partial charge in [0.2, 0.25) is 0 Å². The summed E-state index contributed by atoms with van der Waals surface area (Å²) in [6, 6.07) is 15.6. The van der Waals surface area contributed by atoms with Crippen LogP contribution in [0.5, 0.6) is 0 Å². The molecule has 31 heavy (non-hydrogen) atoms. The fraction of sp³-hybridized carbons (Fsp3) is 0.375. The highest BCUT2D eigenvalue weighted by Gasteiger charge is 2.27. The van der Waals surface area contributed by atoms with Crippen LogP contribution in [0.25, 0.3) is 0 Å². The molecule has 0 saturated carbocycles. The summed E-state index contributed by atoms with van der Waals surface area (Å²) in [7, 11) is 0. The molecular formula is C24H26Cl2N2O3. The van der Waals surface area contributed by atoms with Crippen molar-refractivity contribution in [1.29, 1.82) is 0 Å². The first-order valence-electron chi connectivity index (χ1n) is 10.5. The predicted octanol–water partition coefficient (Wildman–Crippen LogP) is 6.06. The molecule has 2 heterocycles. The third kappa shape index (κ3) is 6.55. The van der Waals surface area contributed by atoms with Crippen LogP contribution in [0.2, 0.25) is 10.0 Å². The van der Waals surface area contributed by atoms with Crippen LogP contribution < -0.4 is 0 Å². The van der Waals surface area contributed by atoms with Crippen LogP contribution >= 0.6 is 23.2 Å². The first kappa shape index (κ1) is 22.3. The average Bonchev–Trinajstić information content (AvgIpc) is 3.28. The Bertz CT molecular complexity index is 937. The number of aromatic nitrogens is 2. The van der Waals surface area contributed by atoms with Gasteiger partial charge in [0, 0.05) is 28.0 Å². The minimum Gasteiger partial charge on any atom is -0.374 e. The molecule has 1 fully saturated rings. The van der Waals surface area contributed by atoms with E-state index in [0.29, 0.717) is 29.8 Å². The number of hydrogen-bond acceptors (Lipinski definition) is 4. The third-order valence-electron chi connectivity index (χ3n) is 5.29. The molecule has 0 radical (unpaired) electrons.